The third kappa shape index (κ3) is 12.6. The number of rotatable bonds is 16. The van der Waals surface area contributed by atoms with Gasteiger partial charge in [0.1, 0.15) is 134 Å². The lowest BCUT2D eigenvalue weighted by molar-refractivity contribution is -0.385. The van der Waals surface area contributed by atoms with Crippen LogP contribution in [0.15, 0.2) is 0 Å². The Hall–Kier alpha value is -2.14. The maximum absolute atomic E-state index is 12.8. The van der Waals surface area contributed by atoms with Crippen molar-refractivity contribution in [2.24, 2.45) is 0 Å². The largest absolute Gasteiger partial charge is 0.394 e. The van der Waals surface area contributed by atoms with Crippen LogP contribution in [-0.4, -0.2) is 304 Å². The van der Waals surface area contributed by atoms with Crippen LogP contribution < -0.4 is 10.6 Å². The molecule has 0 radical (unpaired) electrons. The smallest absolute Gasteiger partial charge is 0.217 e. The number of aliphatic hydroxyl groups is 16. The lowest BCUT2D eigenvalue weighted by Crippen LogP contribution is -2.71. The van der Waals surface area contributed by atoms with Gasteiger partial charge in [-0.25, -0.2) is 0 Å². The van der Waals surface area contributed by atoms with Gasteiger partial charge in [0.2, 0.25) is 11.8 Å². The topological polar surface area (TPSA) is 483 Å². The maximum atomic E-state index is 12.8. The van der Waals surface area contributed by atoms with Crippen molar-refractivity contribution >= 4 is 11.8 Å². The Kier molecular flexibility index (Phi) is 20.2. The Morgan fingerprint density at radius 2 is 0.817 bits per heavy atom. The quantitative estimate of drug-likeness (QED) is 0.0682. The number of carbonyl (C=O) groups is 2. The third-order valence-electron chi connectivity index (χ3n) is 13.1. The van der Waals surface area contributed by atoms with E-state index in [9.17, 15) is 91.3 Å². The highest BCUT2D eigenvalue weighted by Crippen LogP contribution is 2.37. The fraction of sp³-hybridized carbons (Fsp3) is 0.950. The molecule has 2 amide bonds. The van der Waals surface area contributed by atoms with Gasteiger partial charge in [-0.1, -0.05) is 0 Å². The van der Waals surface area contributed by atoms with E-state index in [-0.39, 0.29) is 0 Å². The van der Waals surface area contributed by atoms with Crippen LogP contribution in [0, 0.1) is 0 Å². The number of hydrogen-bond acceptors (Lipinski definition) is 29. The summed E-state index contributed by atoms with van der Waals surface area (Å²) in [6.07, 6.45) is -50.5. The van der Waals surface area contributed by atoms with Crippen LogP contribution in [0.2, 0.25) is 0 Å². The second-order valence-corrected chi connectivity index (χ2v) is 18.2. The van der Waals surface area contributed by atoms with E-state index >= 15 is 0 Å². The molecule has 71 heavy (non-hydrogen) atoms. The summed E-state index contributed by atoms with van der Waals surface area (Å²) in [5.41, 5.74) is 0. The molecule has 412 valence electrons. The first-order valence-corrected chi connectivity index (χ1v) is 22.8. The van der Waals surface area contributed by atoms with Gasteiger partial charge >= 0.3 is 0 Å². The van der Waals surface area contributed by atoms with Crippen molar-refractivity contribution in [3.8, 4) is 0 Å². The SMILES string of the molecule is CC(=O)N[C@@H]1[C@@H](O[C@@H]2O[C@@H](C)[C@@H](O)[C@@H](O)[C@@H]2O)[C@H](O[C@@H]2O[C@H](CO)[C@@H](O[C@@H]3O[C@H](CO)[C@@H](O)[C@H](O[C@H]4O[C@H](CO)[C@@H](O)[C@H](O)[C@@H]4O)[C@@H]3O)[C@H](O)[C@H]2NC(C)=O)[C@@H](CO[C@@H]2O[C@@H](C)[C@@H](O)[C@@H](O)[C@@H]2O)O[C@H]1O. The molecule has 6 rings (SSSR count). The fourth-order valence-corrected chi connectivity index (χ4v) is 9.10. The van der Waals surface area contributed by atoms with Gasteiger partial charge in [-0.15, -0.1) is 0 Å². The van der Waals surface area contributed by atoms with Crippen LogP contribution in [0.1, 0.15) is 27.7 Å². The molecule has 0 bridgehead atoms. The molecule has 6 fully saturated rings. The van der Waals surface area contributed by atoms with Crippen LogP contribution in [0.3, 0.4) is 0 Å². The van der Waals surface area contributed by atoms with E-state index in [2.05, 4.69) is 10.6 Å². The normalized spacial score (nSPS) is 50.8. The molecule has 30 atom stereocenters. The highest BCUT2D eigenvalue weighted by atomic mass is 16.8. The summed E-state index contributed by atoms with van der Waals surface area (Å²) < 4.78 is 64.0. The summed E-state index contributed by atoms with van der Waals surface area (Å²) in [5, 5.41) is 176. The minimum absolute atomic E-state index is 0.784. The van der Waals surface area contributed by atoms with Gasteiger partial charge in [0.05, 0.1) is 38.6 Å². The Balaban J connectivity index is 1.31. The molecule has 6 saturated heterocycles. The molecule has 6 aliphatic heterocycles. The van der Waals surface area contributed by atoms with Gasteiger partial charge in [-0.05, 0) is 13.8 Å². The average Bonchev–Trinajstić information content (AvgIpc) is 3.32. The van der Waals surface area contributed by atoms with E-state index in [1.165, 1.54) is 13.8 Å². The Morgan fingerprint density at radius 3 is 1.37 bits per heavy atom. The standard InChI is InChI=1S/C40H68N2O29/c1-9-19(48)24(53)27(56)37(62-9)61-8-16-32(33(18(35(60)64-16)42-12(4)47)70-38-28(57)25(54)20(49)10(2)63-38)69-36-17(41-11(3)46)23(52)31(15(7-45)67-36)68-40-30(59)34(22(51)14(6-44)66-40)71-39-29(58)26(55)21(50)13(5-43)65-39/h9-10,13-40,43-45,48-60H,5-8H2,1-4H3,(H,41,46)(H,42,47)/t9-,10-,13+,14+,15+,16+,17+,18+,19+,20+,21+,22+,23+,24+,25+,26-,27-,28-,29-,30-,31+,32+,33+,34-,35+,36-,37+,38-,39+,40-/m0/s1. The minimum Gasteiger partial charge on any atom is -0.394 e. The van der Waals surface area contributed by atoms with E-state index in [1.54, 1.807) is 0 Å². The average molecular weight is 1040 g/mol. The van der Waals surface area contributed by atoms with Crippen molar-refractivity contribution in [2.75, 3.05) is 26.4 Å². The summed E-state index contributed by atoms with van der Waals surface area (Å²) in [4.78, 5) is 25.4. The molecule has 0 aromatic carbocycles. The van der Waals surface area contributed by atoms with Crippen LogP contribution in [-0.2, 0) is 61.7 Å². The first-order valence-electron chi connectivity index (χ1n) is 22.8. The highest BCUT2D eigenvalue weighted by molar-refractivity contribution is 5.73. The van der Waals surface area contributed by atoms with Gasteiger partial charge in [0.15, 0.2) is 37.7 Å². The van der Waals surface area contributed by atoms with E-state index < -0.39 is 222 Å². The number of amides is 2. The first kappa shape index (κ1) is 58.1. The second-order valence-electron chi connectivity index (χ2n) is 18.2. The molecule has 31 nitrogen and oxygen atoms in total. The maximum Gasteiger partial charge on any atom is 0.217 e. The van der Waals surface area contributed by atoms with E-state index in [4.69, 9.17) is 52.1 Å². The van der Waals surface area contributed by atoms with Gasteiger partial charge in [0, 0.05) is 13.8 Å². The molecule has 6 aliphatic rings. The van der Waals surface area contributed by atoms with E-state index in [0.29, 0.717) is 0 Å². The number of ether oxygens (including phenoxy) is 11. The number of aliphatic hydroxyl groups excluding tert-OH is 16. The molecule has 0 spiro atoms. The molecule has 0 saturated carbocycles. The molecule has 0 aliphatic carbocycles. The van der Waals surface area contributed by atoms with Crippen LogP contribution in [0.4, 0.5) is 0 Å². The summed E-state index contributed by atoms with van der Waals surface area (Å²) in [6, 6.07) is -3.49. The monoisotopic (exact) mass is 1040 g/mol. The molecule has 6 heterocycles. The fourth-order valence-electron chi connectivity index (χ4n) is 9.10. The Morgan fingerprint density at radius 1 is 0.394 bits per heavy atom. The zero-order chi connectivity index (χ0) is 52.5. The summed E-state index contributed by atoms with van der Waals surface area (Å²) in [5.74, 6) is -1.64. The van der Waals surface area contributed by atoms with Gasteiger partial charge in [-0.3, -0.25) is 9.59 Å². The van der Waals surface area contributed by atoms with Crippen molar-refractivity contribution in [1.29, 1.82) is 0 Å². The zero-order valence-corrected chi connectivity index (χ0v) is 38.6. The number of hydrogen-bond donors (Lipinski definition) is 18. The lowest BCUT2D eigenvalue weighted by Gasteiger charge is -2.51. The highest BCUT2D eigenvalue weighted by Gasteiger charge is 2.58. The van der Waals surface area contributed by atoms with Gasteiger partial charge < -0.3 is 144 Å². The number of nitrogens with one attached hydrogen (secondary N) is 2. The molecule has 0 aromatic heterocycles. The number of carbonyl (C=O) groups excluding carboxylic acids is 2. The van der Waals surface area contributed by atoms with Crippen molar-refractivity contribution in [1.82, 2.24) is 10.6 Å². The second kappa shape index (κ2) is 24.7. The predicted octanol–water partition coefficient (Wildman–Crippen LogP) is -11.8. The van der Waals surface area contributed by atoms with Crippen molar-refractivity contribution in [3.05, 3.63) is 0 Å². The molecule has 0 unspecified atom stereocenters. The minimum atomic E-state index is -2.14. The first-order chi connectivity index (χ1) is 33.4. The van der Waals surface area contributed by atoms with Gasteiger partial charge in [-0.2, -0.15) is 0 Å². The zero-order valence-electron chi connectivity index (χ0n) is 38.6. The van der Waals surface area contributed by atoms with E-state index in [0.717, 1.165) is 13.8 Å². The molecule has 31 heteroatoms. The predicted molar refractivity (Wildman–Crippen MR) is 220 cm³/mol. The summed E-state index contributed by atoms with van der Waals surface area (Å²) >= 11 is 0. The van der Waals surface area contributed by atoms with Crippen LogP contribution in [0.5, 0.6) is 0 Å². The van der Waals surface area contributed by atoms with Crippen molar-refractivity contribution in [3.63, 3.8) is 0 Å². The Labute approximate surface area is 403 Å². The third-order valence-corrected chi connectivity index (χ3v) is 13.1. The van der Waals surface area contributed by atoms with Gasteiger partial charge in [0.25, 0.3) is 0 Å². The Bertz CT molecular complexity index is 1710. The van der Waals surface area contributed by atoms with E-state index in [1.807, 2.05) is 0 Å². The molecule has 18 N–H and O–H groups in total. The lowest BCUT2D eigenvalue weighted by atomic mass is 9.93. The summed E-state index contributed by atoms with van der Waals surface area (Å²) in [6.45, 7) is 1.07. The van der Waals surface area contributed by atoms with Crippen molar-refractivity contribution in [2.45, 2.75) is 212 Å². The van der Waals surface area contributed by atoms with Crippen molar-refractivity contribution < 1.29 is 143 Å². The molecular formula is C40H68N2O29. The molecule has 0 aromatic rings. The molecular weight excluding hydrogens is 972 g/mol. The van der Waals surface area contributed by atoms with Crippen LogP contribution >= 0.6 is 0 Å². The summed E-state index contributed by atoms with van der Waals surface area (Å²) in [7, 11) is 0. The van der Waals surface area contributed by atoms with Crippen LogP contribution in [0.25, 0.3) is 0 Å².